The summed E-state index contributed by atoms with van der Waals surface area (Å²) in [5, 5.41) is 6.43. The molecule has 1 aliphatic heterocycles. The van der Waals surface area contributed by atoms with Gasteiger partial charge in [-0.1, -0.05) is 19.3 Å². The zero-order valence-corrected chi connectivity index (χ0v) is 16.3. The third-order valence-corrected chi connectivity index (χ3v) is 5.23. The van der Waals surface area contributed by atoms with Gasteiger partial charge in [0.2, 0.25) is 5.91 Å². The zero-order chi connectivity index (χ0) is 18.8. The molecule has 26 heavy (non-hydrogen) atoms. The molecule has 1 amide bonds. The lowest BCUT2D eigenvalue weighted by Crippen LogP contribution is -2.46. The lowest BCUT2D eigenvalue weighted by molar-refractivity contribution is -0.146. The van der Waals surface area contributed by atoms with Crippen molar-refractivity contribution < 1.29 is 14.3 Å². The maximum absolute atomic E-state index is 12.1. The lowest BCUT2D eigenvalue weighted by atomic mass is 9.95. The number of amides is 1. The summed E-state index contributed by atoms with van der Waals surface area (Å²) in [4.78, 5) is 30.5. The smallest absolute Gasteiger partial charge is 0.308 e. The summed E-state index contributed by atoms with van der Waals surface area (Å²) < 4.78 is 4.84. The van der Waals surface area contributed by atoms with Gasteiger partial charge in [0.15, 0.2) is 5.96 Å². The number of ether oxygens (including phenoxy) is 1. The molecule has 148 valence electrons. The van der Waals surface area contributed by atoms with Crippen LogP contribution in [0.4, 0.5) is 0 Å². The third-order valence-electron chi connectivity index (χ3n) is 5.23. The van der Waals surface area contributed by atoms with Crippen LogP contribution in [0.3, 0.4) is 0 Å². The average molecular weight is 367 g/mol. The van der Waals surface area contributed by atoms with E-state index >= 15 is 0 Å². The summed E-state index contributed by atoms with van der Waals surface area (Å²) in [5.41, 5.74) is 0. The number of hydrogen-bond acceptors (Lipinski definition) is 4. The van der Waals surface area contributed by atoms with Crippen LogP contribution < -0.4 is 10.6 Å². The minimum atomic E-state index is -0.119. The highest BCUT2D eigenvalue weighted by Crippen LogP contribution is 2.19. The van der Waals surface area contributed by atoms with Crippen molar-refractivity contribution in [1.82, 2.24) is 15.5 Å². The normalized spacial score (nSPS) is 19.9. The van der Waals surface area contributed by atoms with E-state index in [9.17, 15) is 9.59 Å². The summed E-state index contributed by atoms with van der Waals surface area (Å²) in [6, 6.07) is 0.353. The Kier molecular flexibility index (Phi) is 8.71. The highest BCUT2D eigenvalue weighted by atomic mass is 16.5. The Bertz CT molecular complexity index is 481. The number of hydrogen-bond donors (Lipinski definition) is 2. The number of aliphatic imine (C=N–C) groups is 1. The van der Waals surface area contributed by atoms with Gasteiger partial charge < -0.3 is 20.3 Å². The van der Waals surface area contributed by atoms with Crippen molar-refractivity contribution in [3.63, 3.8) is 0 Å². The second kappa shape index (κ2) is 11.0. The van der Waals surface area contributed by atoms with Crippen LogP contribution >= 0.6 is 0 Å². The number of piperidine rings is 1. The SMILES string of the molecule is CCNC(=NCCC(=O)NC1CCCCC1)N1CCC(C(=O)OC)CC1. The molecule has 2 aliphatic rings. The Morgan fingerprint density at radius 2 is 1.81 bits per heavy atom. The number of likely N-dealkylation sites (tertiary alicyclic amines) is 1. The number of carbonyl (C=O) groups excluding carboxylic acids is 2. The number of nitrogens with one attached hydrogen (secondary N) is 2. The molecule has 1 saturated heterocycles. The van der Waals surface area contributed by atoms with E-state index in [-0.39, 0.29) is 17.8 Å². The van der Waals surface area contributed by atoms with E-state index in [1.807, 2.05) is 6.92 Å². The molecule has 7 heteroatoms. The average Bonchev–Trinajstić information content (AvgIpc) is 2.67. The quantitative estimate of drug-likeness (QED) is 0.424. The number of methoxy groups -OCH3 is 1. The Balaban J connectivity index is 1.77. The van der Waals surface area contributed by atoms with Gasteiger partial charge >= 0.3 is 5.97 Å². The minimum absolute atomic E-state index is 0.0135. The molecule has 1 heterocycles. The summed E-state index contributed by atoms with van der Waals surface area (Å²) in [5.74, 6) is 0.800. The molecule has 7 nitrogen and oxygen atoms in total. The number of esters is 1. The van der Waals surface area contributed by atoms with Gasteiger partial charge in [0.25, 0.3) is 0 Å². The van der Waals surface area contributed by atoms with Crippen molar-refractivity contribution >= 4 is 17.8 Å². The molecule has 0 atom stereocenters. The van der Waals surface area contributed by atoms with Crippen molar-refractivity contribution in [3.05, 3.63) is 0 Å². The van der Waals surface area contributed by atoms with Crippen molar-refractivity contribution in [2.75, 3.05) is 33.3 Å². The second-order valence-corrected chi connectivity index (χ2v) is 7.17. The van der Waals surface area contributed by atoms with E-state index in [1.54, 1.807) is 0 Å². The van der Waals surface area contributed by atoms with Gasteiger partial charge in [-0.05, 0) is 32.6 Å². The van der Waals surface area contributed by atoms with E-state index in [4.69, 9.17) is 4.74 Å². The van der Waals surface area contributed by atoms with Gasteiger partial charge in [0.1, 0.15) is 0 Å². The van der Waals surface area contributed by atoms with Gasteiger partial charge in [-0.2, -0.15) is 0 Å². The van der Waals surface area contributed by atoms with Gasteiger partial charge in [-0.25, -0.2) is 0 Å². The molecule has 2 rings (SSSR count). The second-order valence-electron chi connectivity index (χ2n) is 7.17. The van der Waals surface area contributed by atoms with Gasteiger partial charge in [0, 0.05) is 32.1 Å². The summed E-state index contributed by atoms with van der Waals surface area (Å²) in [6.45, 7) is 4.86. The Morgan fingerprint density at radius 1 is 1.12 bits per heavy atom. The first-order valence-electron chi connectivity index (χ1n) is 10.0. The summed E-state index contributed by atoms with van der Waals surface area (Å²) in [7, 11) is 1.44. The fourth-order valence-corrected chi connectivity index (χ4v) is 3.73. The molecule has 0 radical (unpaired) electrons. The van der Waals surface area contributed by atoms with Gasteiger partial charge in [0.05, 0.1) is 19.6 Å². The maximum Gasteiger partial charge on any atom is 0.308 e. The molecular weight excluding hydrogens is 332 g/mol. The zero-order valence-electron chi connectivity index (χ0n) is 16.3. The number of rotatable bonds is 6. The first-order valence-corrected chi connectivity index (χ1v) is 10.0. The van der Waals surface area contributed by atoms with E-state index in [0.717, 1.165) is 51.3 Å². The number of carbonyl (C=O) groups is 2. The standard InChI is InChI=1S/C19H34N4O3/c1-3-20-19(23-13-10-15(11-14-23)18(25)26-2)21-12-9-17(24)22-16-7-5-4-6-8-16/h15-16H,3-14H2,1-2H3,(H,20,21)(H,22,24). The fourth-order valence-electron chi connectivity index (χ4n) is 3.73. The van der Waals surface area contributed by atoms with Crippen LogP contribution in [0.25, 0.3) is 0 Å². The Morgan fingerprint density at radius 3 is 2.42 bits per heavy atom. The van der Waals surface area contributed by atoms with E-state index < -0.39 is 0 Å². The molecule has 1 aliphatic carbocycles. The minimum Gasteiger partial charge on any atom is -0.469 e. The van der Waals surface area contributed by atoms with Crippen LogP contribution in [-0.4, -0.2) is 62.1 Å². The number of nitrogens with zero attached hydrogens (tertiary/aromatic N) is 2. The molecule has 0 bridgehead atoms. The summed E-state index contributed by atoms with van der Waals surface area (Å²) >= 11 is 0. The van der Waals surface area contributed by atoms with Crippen LogP contribution in [-0.2, 0) is 14.3 Å². The maximum atomic E-state index is 12.1. The molecule has 1 saturated carbocycles. The molecule has 0 unspecified atom stereocenters. The van der Waals surface area contributed by atoms with Crippen LogP contribution in [0.15, 0.2) is 4.99 Å². The molecule has 0 aromatic carbocycles. The molecular formula is C19H34N4O3. The van der Waals surface area contributed by atoms with E-state index in [2.05, 4.69) is 20.5 Å². The predicted molar refractivity (Wildman–Crippen MR) is 102 cm³/mol. The molecule has 0 spiro atoms. The predicted octanol–water partition coefficient (Wildman–Crippen LogP) is 1.68. The highest BCUT2D eigenvalue weighted by Gasteiger charge is 2.27. The highest BCUT2D eigenvalue weighted by molar-refractivity contribution is 5.81. The Labute approximate surface area is 156 Å². The van der Waals surface area contributed by atoms with Crippen LogP contribution in [0.5, 0.6) is 0 Å². The molecule has 0 aromatic heterocycles. The van der Waals surface area contributed by atoms with Gasteiger partial charge in [-0.3, -0.25) is 14.6 Å². The molecule has 2 N–H and O–H groups in total. The topological polar surface area (TPSA) is 83.0 Å². The molecule has 0 aromatic rings. The van der Waals surface area contributed by atoms with E-state index in [0.29, 0.717) is 19.0 Å². The monoisotopic (exact) mass is 366 g/mol. The Hall–Kier alpha value is -1.79. The summed E-state index contributed by atoms with van der Waals surface area (Å²) in [6.07, 6.45) is 7.90. The van der Waals surface area contributed by atoms with Crippen LogP contribution in [0.1, 0.15) is 58.3 Å². The largest absolute Gasteiger partial charge is 0.469 e. The van der Waals surface area contributed by atoms with Crippen molar-refractivity contribution in [2.24, 2.45) is 10.9 Å². The lowest BCUT2D eigenvalue weighted by Gasteiger charge is -2.33. The fraction of sp³-hybridized carbons (Fsp3) is 0.842. The van der Waals surface area contributed by atoms with Gasteiger partial charge in [-0.15, -0.1) is 0 Å². The van der Waals surface area contributed by atoms with Crippen molar-refractivity contribution in [3.8, 4) is 0 Å². The molecule has 2 fully saturated rings. The van der Waals surface area contributed by atoms with Crippen LogP contribution in [0.2, 0.25) is 0 Å². The van der Waals surface area contributed by atoms with Crippen LogP contribution in [0, 0.1) is 5.92 Å². The third kappa shape index (κ3) is 6.50. The van der Waals surface area contributed by atoms with E-state index in [1.165, 1.54) is 26.4 Å². The van der Waals surface area contributed by atoms with Crippen molar-refractivity contribution in [1.29, 1.82) is 0 Å². The van der Waals surface area contributed by atoms with Crippen molar-refractivity contribution in [2.45, 2.75) is 64.3 Å². The first kappa shape index (κ1) is 20.5. The number of guanidine groups is 1. The first-order chi connectivity index (χ1) is 12.6.